The van der Waals surface area contributed by atoms with Crippen LogP contribution in [0.15, 0.2) is 47.1 Å². The lowest BCUT2D eigenvalue weighted by Crippen LogP contribution is -2.50. The number of nitrogens with zero attached hydrogens (tertiary/aromatic N) is 1. The van der Waals surface area contributed by atoms with E-state index in [9.17, 15) is 9.59 Å². The van der Waals surface area contributed by atoms with Crippen LogP contribution in [0.25, 0.3) is 0 Å². The zero-order valence-corrected chi connectivity index (χ0v) is 12.3. The minimum absolute atomic E-state index is 0.242. The van der Waals surface area contributed by atoms with Crippen LogP contribution < -0.4 is 5.32 Å². The summed E-state index contributed by atoms with van der Waals surface area (Å²) < 4.78 is 10.2. The molecule has 6 heteroatoms. The van der Waals surface area contributed by atoms with Gasteiger partial charge in [-0.3, -0.25) is 9.69 Å². The number of carbonyl (C=O) groups is 2. The Labute approximate surface area is 127 Å². The molecule has 1 amide bonds. The molecule has 0 saturated carbocycles. The lowest BCUT2D eigenvalue weighted by Gasteiger charge is -2.39. The van der Waals surface area contributed by atoms with Crippen molar-refractivity contribution in [3.63, 3.8) is 0 Å². The van der Waals surface area contributed by atoms with E-state index in [-0.39, 0.29) is 5.91 Å². The van der Waals surface area contributed by atoms with Gasteiger partial charge < -0.3 is 14.5 Å². The number of rotatable bonds is 3. The molecule has 3 rings (SSSR count). The van der Waals surface area contributed by atoms with Crippen LogP contribution in [0.5, 0.6) is 0 Å². The van der Waals surface area contributed by atoms with Gasteiger partial charge in [-0.25, -0.2) is 4.79 Å². The maximum absolute atomic E-state index is 12.8. The highest BCUT2D eigenvalue weighted by atomic mass is 16.5. The number of carbonyl (C=O) groups excluding carboxylic acids is 2. The summed E-state index contributed by atoms with van der Waals surface area (Å²) in [6.07, 6.45) is 0.967. The Balaban J connectivity index is 2.06. The van der Waals surface area contributed by atoms with Crippen LogP contribution in [0.4, 0.5) is 5.69 Å². The minimum Gasteiger partial charge on any atom is -0.467 e. The predicted octanol–water partition coefficient (Wildman–Crippen LogP) is 2.41. The monoisotopic (exact) mass is 300 g/mol. The van der Waals surface area contributed by atoms with Crippen molar-refractivity contribution in [2.75, 3.05) is 12.4 Å². The second-order valence-corrected chi connectivity index (χ2v) is 5.02. The van der Waals surface area contributed by atoms with Crippen LogP contribution in [0, 0.1) is 0 Å². The van der Waals surface area contributed by atoms with Crippen LogP contribution in [0.2, 0.25) is 0 Å². The first-order chi connectivity index (χ1) is 10.6. The number of fused-ring (bicyclic) bond motifs is 1. The zero-order valence-electron chi connectivity index (χ0n) is 12.3. The highest BCUT2D eigenvalue weighted by Gasteiger charge is 2.40. The second kappa shape index (κ2) is 5.55. The van der Waals surface area contributed by atoms with Gasteiger partial charge in [-0.05, 0) is 31.2 Å². The van der Waals surface area contributed by atoms with Gasteiger partial charge in [-0.1, -0.05) is 12.1 Å². The van der Waals surface area contributed by atoms with Crippen LogP contribution >= 0.6 is 0 Å². The lowest BCUT2D eigenvalue weighted by atomic mass is 10.0. The van der Waals surface area contributed by atoms with Gasteiger partial charge in [0, 0.05) is 5.69 Å². The summed E-state index contributed by atoms with van der Waals surface area (Å²) in [5.41, 5.74) is 1.23. The Morgan fingerprint density at radius 2 is 2.09 bits per heavy atom. The van der Waals surface area contributed by atoms with E-state index in [1.165, 1.54) is 18.3 Å². The maximum atomic E-state index is 12.8. The molecule has 2 aromatic rings. The van der Waals surface area contributed by atoms with Crippen molar-refractivity contribution < 1.29 is 18.7 Å². The lowest BCUT2D eigenvalue weighted by molar-refractivity contribution is -0.146. The van der Waals surface area contributed by atoms with Crippen molar-refractivity contribution in [1.29, 1.82) is 0 Å². The Morgan fingerprint density at radius 1 is 1.32 bits per heavy atom. The molecule has 2 heterocycles. The average Bonchev–Trinajstić information content (AvgIpc) is 3.07. The SMILES string of the molecule is COC(=O)C(C)N1C(=O)c2ccccc2NC1c1ccco1. The molecule has 0 saturated heterocycles. The fourth-order valence-corrected chi connectivity index (χ4v) is 2.61. The van der Waals surface area contributed by atoms with Gasteiger partial charge in [-0.2, -0.15) is 0 Å². The van der Waals surface area contributed by atoms with Crippen LogP contribution in [0.1, 0.15) is 29.2 Å². The summed E-state index contributed by atoms with van der Waals surface area (Å²) in [6.45, 7) is 1.63. The fourth-order valence-electron chi connectivity index (χ4n) is 2.61. The van der Waals surface area contributed by atoms with Gasteiger partial charge in [0.15, 0.2) is 6.17 Å². The van der Waals surface area contributed by atoms with Crippen molar-refractivity contribution in [3.8, 4) is 0 Å². The Hall–Kier alpha value is -2.76. The average molecular weight is 300 g/mol. The smallest absolute Gasteiger partial charge is 0.328 e. The summed E-state index contributed by atoms with van der Waals surface area (Å²) in [6, 6.07) is 9.93. The van der Waals surface area contributed by atoms with E-state index in [0.29, 0.717) is 17.0 Å². The summed E-state index contributed by atoms with van der Waals surface area (Å²) in [7, 11) is 1.30. The number of anilines is 1. The highest BCUT2D eigenvalue weighted by molar-refractivity contribution is 6.03. The molecule has 0 fully saturated rings. The molecule has 2 unspecified atom stereocenters. The number of amides is 1. The number of furan rings is 1. The molecule has 1 aliphatic heterocycles. The highest BCUT2D eigenvalue weighted by Crippen LogP contribution is 2.34. The van der Waals surface area contributed by atoms with Crippen molar-refractivity contribution in [2.24, 2.45) is 0 Å². The Morgan fingerprint density at radius 3 is 2.77 bits per heavy atom. The third kappa shape index (κ3) is 2.22. The molecule has 1 aromatic heterocycles. The van der Waals surface area contributed by atoms with Gasteiger partial charge in [0.2, 0.25) is 0 Å². The van der Waals surface area contributed by atoms with Crippen molar-refractivity contribution in [3.05, 3.63) is 54.0 Å². The molecule has 22 heavy (non-hydrogen) atoms. The van der Waals surface area contributed by atoms with Gasteiger partial charge in [0.05, 0.1) is 18.9 Å². The number of hydrogen-bond acceptors (Lipinski definition) is 5. The number of ether oxygens (including phenoxy) is 1. The molecular formula is C16H16N2O4. The first-order valence-corrected chi connectivity index (χ1v) is 6.93. The van der Waals surface area contributed by atoms with E-state index in [4.69, 9.17) is 9.15 Å². The summed E-state index contributed by atoms with van der Waals surface area (Å²) in [4.78, 5) is 26.2. The van der Waals surface area contributed by atoms with Crippen LogP contribution in [-0.2, 0) is 9.53 Å². The fraction of sp³-hybridized carbons (Fsp3) is 0.250. The van der Waals surface area contributed by atoms with E-state index >= 15 is 0 Å². The molecule has 0 aliphatic carbocycles. The number of benzene rings is 1. The van der Waals surface area contributed by atoms with Gasteiger partial charge in [0.25, 0.3) is 5.91 Å². The Bertz CT molecular complexity index is 696. The second-order valence-electron chi connectivity index (χ2n) is 5.02. The molecule has 6 nitrogen and oxygen atoms in total. The topological polar surface area (TPSA) is 71.8 Å². The van der Waals surface area contributed by atoms with E-state index < -0.39 is 18.2 Å². The maximum Gasteiger partial charge on any atom is 0.328 e. The third-order valence-electron chi connectivity index (χ3n) is 3.73. The summed E-state index contributed by atoms with van der Waals surface area (Å²) in [5.74, 6) is -0.168. The van der Waals surface area contributed by atoms with Gasteiger partial charge in [-0.15, -0.1) is 0 Å². The largest absolute Gasteiger partial charge is 0.467 e. The number of esters is 1. The molecule has 0 spiro atoms. The number of nitrogens with one attached hydrogen (secondary N) is 1. The molecule has 0 bridgehead atoms. The third-order valence-corrected chi connectivity index (χ3v) is 3.73. The molecule has 2 atom stereocenters. The number of methoxy groups -OCH3 is 1. The molecule has 1 aliphatic rings. The molecule has 0 radical (unpaired) electrons. The summed E-state index contributed by atoms with van der Waals surface area (Å²) in [5, 5.41) is 3.24. The van der Waals surface area contributed by atoms with Gasteiger partial charge >= 0.3 is 5.97 Å². The first-order valence-electron chi connectivity index (χ1n) is 6.93. The minimum atomic E-state index is -0.742. The predicted molar refractivity (Wildman–Crippen MR) is 79.2 cm³/mol. The summed E-state index contributed by atoms with van der Waals surface area (Å²) >= 11 is 0. The van der Waals surface area contributed by atoms with Crippen LogP contribution in [-0.4, -0.2) is 29.9 Å². The van der Waals surface area contributed by atoms with Gasteiger partial charge in [0.1, 0.15) is 11.8 Å². The first kappa shape index (κ1) is 14.2. The van der Waals surface area contributed by atoms with Crippen molar-refractivity contribution in [1.82, 2.24) is 4.90 Å². The number of hydrogen-bond donors (Lipinski definition) is 1. The molecule has 1 aromatic carbocycles. The zero-order chi connectivity index (χ0) is 15.7. The molecule has 1 N–H and O–H groups in total. The molecule has 114 valence electrons. The van der Waals surface area contributed by atoms with Crippen LogP contribution in [0.3, 0.4) is 0 Å². The van der Waals surface area contributed by atoms with E-state index in [1.54, 1.807) is 31.2 Å². The Kier molecular flexibility index (Phi) is 3.58. The number of para-hydroxylation sites is 1. The molecular weight excluding hydrogens is 284 g/mol. The van der Waals surface area contributed by atoms with E-state index in [0.717, 1.165) is 0 Å². The van der Waals surface area contributed by atoms with E-state index in [2.05, 4.69) is 5.32 Å². The normalized spacial score (nSPS) is 18.4. The standard InChI is InChI=1S/C16H16N2O4/c1-10(16(20)21-2)18-14(13-8-5-9-22-13)17-12-7-4-3-6-11(12)15(18)19/h3-10,14,17H,1-2H3. The van der Waals surface area contributed by atoms with Crippen molar-refractivity contribution >= 4 is 17.6 Å². The van der Waals surface area contributed by atoms with E-state index in [1.807, 2.05) is 12.1 Å². The van der Waals surface area contributed by atoms with Crippen molar-refractivity contribution in [2.45, 2.75) is 19.1 Å². The quantitative estimate of drug-likeness (QED) is 0.881.